The summed E-state index contributed by atoms with van der Waals surface area (Å²) in [6.45, 7) is 1.95. The molecule has 13 heavy (non-hydrogen) atoms. The molecule has 0 atom stereocenters. The van der Waals surface area contributed by atoms with Gasteiger partial charge < -0.3 is 1.43 Å². The molecule has 0 amide bonds. The van der Waals surface area contributed by atoms with Gasteiger partial charge in [-0.1, -0.05) is 29.8 Å². The molecule has 1 aromatic rings. The fraction of sp³-hybridized carbons (Fsp3) is 0.250. The van der Waals surface area contributed by atoms with Gasteiger partial charge in [-0.05, 0) is 12.5 Å². The SMILES string of the molecule is Cc1ccc(CS(N)(=O)=O)cc1.[H-].[K+]. The Kier molecular flexibility index (Phi) is 5.93. The van der Waals surface area contributed by atoms with E-state index in [1.54, 1.807) is 12.1 Å². The van der Waals surface area contributed by atoms with E-state index in [1.807, 2.05) is 19.1 Å². The van der Waals surface area contributed by atoms with Gasteiger partial charge in [-0.15, -0.1) is 0 Å². The molecule has 0 aliphatic heterocycles. The first-order valence-corrected chi connectivity index (χ1v) is 5.25. The normalized spacial score (nSPS) is 10.6. The minimum absolute atomic E-state index is 0. The van der Waals surface area contributed by atoms with Crippen molar-refractivity contribution in [2.45, 2.75) is 12.7 Å². The molecule has 0 saturated carbocycles. The maximum absolute atomic E-state index is 10.7. The monoisotopic (exact) mass is 225 g/mol. The van der Waals surface area contributed by atoms with Crippen LogP contribution in [0.1, 0.15) is 12.6 Å². The van der Waals surface area contributed by atoms with Crippen molar-refractivity contribution in [2.24, 2.45) is 5.14 Å². The van der Waals surface area contributed by atoms with Crippen LogP contribution in [-0.4, -0.2) is 8.42 Å². The molecule has 0 aliphatic rings. The van der Waals surface area contributed by atoms with Crippen molar-refractivity contribution in [1.29, 1.82) is 0 Å². The van der Waals surface area contributed by atoms with Crippen LogP contribution in [0.4, 0.5) is 0 Å². The van der Waals surface area contributed by atoms with Crippen LogP contribution in [0.2, 0.25) is 0 Å². The molecule has 2 N–H and O–H groups in total. The Hall–Kier alpha value is 0.766. The van der Waals surface area contributed by atoms with E-state index in [0.717, 1.165) is 11.1 Å². The molecule has 1 rings (SSSR count). The fourth-order valence-corrected chi connectivity index (χ4v) is 1.57. The van der Waals surface area contributed by atoms with Crippen molar-refractivity contribution in [2.75, 3.05) is 0 Å². The summed E-state index contributed by atoms with van der Waals surface area (Å²) in [6.07, 6.45) is 0. The molecular formula is C8H12KNO2S. The third-order valence-electron chi connectivity index (χ3n) is 1.49. The molecule has 3 nitrogen and oxygen atoms in total. The summed E-state index contributed by atoms with van der Waals surface area (Å²) in [5, 5.41) is 4.88. The zero-order valence-electron chi connectivity index (χ0n) is 8.82. The van der Waals surface area contributed by atoms with Gasteiger partial charge in [0, 0.05) is 0 Å². The summed E-state index contributed by atoms with van der Waals surface area (Å²) in [4.78, 5) is 0. The van der Waals surface area contributed by atoms with Gasteiger partial charge in [0.25, 0.3) is 0 Å². The van der Waals surface area contributed by atoms with Gasteiger partial charge in [-0.2, -0.15) is 0 Å². The Morgan fingerprint density at radius 3 is 2.15 bits per heavy atom. The maximum atomic E-state index is 10.7. The summed E-state index contributed by atoms with van der Waals surface area (Å²) in [6, 6.07) is 7.25. The zero-order chi connectivity index (χ0) is 9.19. The number of rotatable bonds is 2. The van der Waals surface area contributed by atoms with Gasteiger partial charge >= 0.3 is 51.4 Å². The third-order valence-corrected chi connectivity index (χ3v) is 2.22. The Bertz CT molecular complexity index is 363. The van der Waals surface area contributed by atoms with Gasteiger partial charge in [0.15, 0.2) is 0 Å². The first kappa shape index (κ1) is 13.8. The molecule has 5 heteroatoms. The van der Waals surface area contributed by atoms with Crippen LogP contribution < -0.4 is 56.5 Å². The van der Waals surface area contributed by atoms with Crippen molar-refractivity contribution in [1.82, 2.24) is 0 Å². The predicted octanol–water partition coefficient (Wildman–Crippen LogP) is -2.10. The van der Waals surface area contributed by atoms with E-state index in [1.165, 1.54) is 0 Å². The van der Waals surface area contributed by atoms with Crippen molar-refractivity contribution < 1.29 is 61.2 Å². The Morgan fingerprint density at radius 1 is 1.31 bits per heavy atom. The van der Waals surface area contributed by atoms with Gasteiger partial charge in [0.2, 0.25) is 10.0 Å². The molecule has 0 saturated heterocycles. The molecule has 68 valence electrons. The van der Waals surface area contributed by atoms with Gasteiger partial charge in [-0.25, -0.2) is 13.6 Å². The topological polar surface area (TPSA) is 60.2 Å². The number of primary sulfonamides is 1. The first-order valence-electron chi connectivity index (χ1n) is 3.53. The number of sulfonamides is 1. The van der Waals surface area contributed by atoms with Crippen LogP contribution in [0.5, 0.6) is 0 Å². The van der Waals surface area contributed by atoms with E-state index < -0.39 is 10.0 Å². The third kappa shape index (κ3) is 5.95. The molecule has 0 radical (unpaired) electrons. The van der Waals surface area contributed by atoms with Crippen molar-refractivity contribution in [3.63, 3.8) is 0 Å². The van der Waals surface area contributed by atoms with Crippen LogP contribution in [0.25, 0.3) is 0 Å². The van der Waals surface area contributed by atoms with E-state index in [9.17, 15) is 8.42 Å². The number of benzene rings is 1. The van der Waals surface area contributed by atoms with Gasteiger partial charge in [-0.3, -0.25) is 0 Å². The van der Waals surface area contributed by atoms with Crippen LogP contribution in [0.3, 0.4) is 0 Å². The fourth-order valence-electron chi connectivity index (χ4n) is 0.917. The van der Waals surface area contributed by atoms with Crippen molar-refractivity contribution >= 4 is 10.0 Å². The summed E-state index contributed by atoms with van der Waals surface area (Å²) in [5.74, 6) is -0.0900. The second-order valence-electron chi connectivity index (χ2n) is 2.79. The minimum atomic E-state index is -3.39. The van der Waals surface area contributed by atoms with Gasteiger partial charge in [0.05, 0.1) is 5.75 Å². The molecule has 0 unspecified atom stereocenters. The number of hydrogen-bond acceptors (Lipinski definition) is 2. The zero-order valence-corrected chi connectivity index (χ0v) is 11.8. The van der Waals surface area contributed by atoms with Crippen LogP contribution in [-0.2, 0) is 15.8 Å². The standard InChI is InChI=1S/C8H11NO2S.K.H/c1-7-2-4-8(5-3-7)6-12(9,10)11;;/h2-5H,6H2,1H3,(H2,9,10,11);;/q;+1;-1. The smallest absolute Gasteiger partial charge is 1.00 e. The molecule has 1 aromatic carbocycles. The number of hydrogen-bond donors (Lipinski definition) is 1. The summed E-state index contributed by atoms with van der Waals surface area (Å²) >= 11 is 0. The average molecular weight is 225 g/mol. The van der Waals surface area contributed by atoms with E-state index in [0.29, 0.717) is 0 Å². The molecule has 0 aliphatic carbocycles. The average Bonchev–Trinajstić information content (AvgIpc) is 1.91. The second-order valence-corrected chi connectivity index (χ2v) is 4.41. The maximum Gasteiger partial charge on any atom is 1.00 e. The Morgan fingerprint density at radius 2 is 1.77 bits per heavy atom. The van der Waals surface area contributed by atoms with Crippen LogP contribution in [0.15, 0.2) is 24.3 Å². The first-order chi connectivity index (χ1) is 5.47. The van der Waals surface area contributed by atoms with Crippen LogP contribution >= 0.6 is 0 Å². The van der Waals surface area contributed by atoms with Crippen molar-refractivity contribution in [3.8, 4) is 0 Å². The van der Waals surface area contributed by atoms with Gasteiger partial charge in [0.1, 0.15) is 0 Å². The van der Waals surface area contributed by atoms with E-state index in [2.05, 4.69) is 0 Å². The van der Waals surface area contributed by atoms with Crippen molar-refractivity contribution in [3.05, 3.63) is 35.4 Å². The molecule has 0 heterocycles. The van der Waals surface area contributed by atoms with Crippen LogP contribution in [0, 0.1) is 6.92 Å². The number of aryl methyl sites for hydroxylation is 1. The Balaban J connectivity index is 0. The summed E-state index contributed by atoms with van der Waals surface area (Å²) in [7, 11) is -3.39. The molecular weight excluding hydrogens is 213 g/mol. The number of nitrogens with two attached hydrogens (primary N) is 1. The summed E-state index contributed by atoms with van der Waals surface area (Å²) < 4.78 is 21.3. The van der Waals surface area contributed by atoms with E-state index in [-0.39, 0.29) is 58.6 Å². The molecule has 0 bridgehead atoms. The predicted molar refractivity (Wildman–Crippen MR) is 49.1 cm³/mol. The molecule has 0 aromatic heterocycles. The second kappa shape index (κ2) is 5.60. The quantitative estimate of drug-likeness (QED) is 0.586. The molecule has 0 spiro atoms. The minimum Gasteiger partial charge on any atom is -1.00 e. The summed E-state index contributed by atoms with van der Waals surface area (Å²) in [5.41, 5.74) is 1.83. The van der Waals surface area contributed by atoms with E-state index in [4.69, 9.17) is 5.14 Å². The largest absolute Gasteiger partial charge is 1.00 e. The van der Waals surface area contributed by atoms with E-state index >= 15 is 0 Å². The molecule has 0 fully saturated rings. The Labute approximate surface area is 123 Å².